The van der Waals surface area contributed by atoms with Gasteiger partial charge in [-0.05, 0) is 35.2 Å². The standard InChI is InChI=1S/C16H17Cl2NO/c1-11(2)15-7-13(9-17)8-16(19-15)20-10-12-4-3-5-14(18)6-12/h3-8,11H,9-10H2,1-2H3. The molecule has 106 valence electrons. The minimum atomic E-state index is 0.340. The number of nitrogens with zero attached hydrogens (tertiary/aromatic N) is 1. The molecule has 0 fully saturated rings. The molecule has 0 saturated heterocycles. The first-order valence-electron chi connectivity index (χ1n) is 6.52. The number of alkyl halides is 1. The molecule has 0 aliphatic rings. The monoisotopic (exact) mass is 309 g/mol. The van der Waals surface area contributed by atoms with E-state index in [1.165, 1.54) is 0 Å². The van der Waals surface area contributed by atoms with Crippen LogP contribution < -0.4 is 4.74 Å². The van der Waals surface area contributed by atoms with Crippen LogP contribution in [-0.4, -0.2) is 4.98 Å². The molecule has 4 heteroatoms. The van der Waals surface area contributed by atoms with Crippen LogP contribution >= 0.6 is 23.2 Å². The normalized spacial score (nSPS) is 10.8. The topological polar surface area (TPSA) is 22.1 Å². The van der Waals surface area contributed by atoms with Crippen molar-refractivity contribution in [3.05, 3.63) is 58.2 Å². The minimum absolute atomic E-state index is 0.340. The fourth-order valence-electron chi connectivity index (χ4n) is 1.81. The van der Waals surface area contributed by atoms with Crippen molar-refractivity contribution in [3.8, 4) is 5.88 Å². The lowest BCUT2D eigenvalue weighted by atomic mass is 10.1. The van der Waals surface area contributed by atoms with E-state index in [0.29, 0.717) is 29.3 Å². The van der Waals surface area contributed by atoms with Crippen LogP contribution in [0.25, 0.3) is 0 Å². The molecule has 0 spiro atoms. The average molecular weight is 310 g/mol. The molecule has 0 unspecified atom stereocenters. The molecular weight excluding hydrogens is 293 g/mol. The lowest BCUT2D eigenvalue weighted by Crippen LogP contribution is -2.01. The van der Waals surface area contributed by atoms with Crippen molar-refractivity contribution in [2.24, 2.45) is 0 Å². The fraction of sp³-hybridized carbons (Fsp3) is 0.312. The van der Waals surface area contributed by atoms with Gasteiger partial charge in [0.2, 0.25) is 5.88 Å². The zero-order valence-electron chi connectivity index (χ0n) is 11.6. The average Bonchev–Trinajstić information content (AvgIpc) is 2.45. The summed E-state index contributed by atoms with van der Waals surface area (Å²) in [5, 5.41) is 0.705. The van der Waals surface area contributed by atoms with Gasteiger partial charge in [0, 0.05) is 22.7 Å². The van der Waals surface area contributed by atoms with E-state index in [2.05, 4.69) is 18.8 Å². The summed E-state index contributed by atoms with van der Waals surface area (Å²) < 4.78 is 5.75. The van der Waals surface area contributed by atoms with Gasteiger partial charge in [-0.1, -0.05) is 37.6 Å². The third kappa shape index (κ3) is 4.12. The van der Waals surface area contributed by atoms with E-state index in [1.54, 1.807) is 0 Å². The highest BCUT2D eigenvalue weighted by atomic mass is 35.5. The van der Waals surface area contributed by atoms with Gasteiger partial charge in [0.25, 0.3) is 0 Å². The largest absolute Gasteiger partial charge is 0.473 e. The van der Waals surface area contributed by atoms with Crippen molar-refractivity contribution in [2.45, 2.75) is 32.3 Å². The van der Waals surface area contributed by atoms with Crippen molar-refractivity contribution in [1.82, 2.24) is 4.98 Å². The Labute approximate surface area is 129 Å². The quantitative estimate of drug-likeness (QED) is 0.710. The third-order valence-corrected chi connectivity index (χ3v) is 3.45. The second kappa shape index (κ2) is 6.96. The van der Waals surface area contributed by atoms with Crippen LogP contribution in [0.4, 0.5) is 0 Å². The first-order chi connectivity index (χ1) is 9.58. The third-order valence-electron chi connectivity index (χ3n) is 2.90. The lowest BCUT2D eigenvalue weighted by Gasteiger charge is -2.11. The summed E-state index contributed by atoms with van der Waals surface area (Å²) in [6.07, 6.45) is 0. The number of rotatable bonds is 5. The highest BCUT2D eigenvalue weighted by molar-refractivity contribution is 6.30. The van der Waals surface area contributed by atoms with Gasteiger partial charge in [0.05, 0.1) is 0 Å². The molecule has 0 N–H and O–H groups in total. The van der Waals surface area contributed by atoms with Gasteiger partial charge in [-0.2, -0.15) is 0 Å². The first kappa shape index (κ1) is 15.1. The first-order valence-corrected chi connectivity index (χ1v) is 7.44. The summed E-state index contributed by atoms with van der Waals surface area (Å²) in [6, 6.07) is 11.5. The van der Waals surface area contributed by atoms with Crippen LogP contribution in [0.15, 0.2) is 36.4 Å². The van der Waals surface area contributed by atoms with Crippen molar-refractivity contribution < 1.29 is 4.74 Å². The molecule has 2 aromatic rings. The molecule has 0 atom stereocenters. The zero-order chi connectivity index (χ0) is 14.5. The van der Waals surface area contributed by atoms with Gasteiger partial charge in [-0.15, -0.1) is 11.6 Å². The smallest absolute Gasteiger partial charge is 0.214 e. The zero-order valence-corrected chi connectivity index (χ0v) is 13.1. The molecule has 1 heterocycles. The van der Waals surface area contributed by atoms with Gasteiger partial charge in [0.15, 0.2) is 0 Å². The molecule has 1 aromatic carbocycles. The Balaban J connectivity index is 2.14. The van der Waals surface area contributed by atoms with E-state index in [4.69, 9.17) is 27.9 Å². The molecule has 20 heavy (non-hydrogen) atoms. The van der Waals surface area contributed by atoms with Crippen LogP contribution in [0.2, 0.25) is 5.02 Å². The number of halogens is 2. The van der Waals surface area contributed by atoms with Crippen LogP contribution in [0, 0.1) is 0 Å². The molecule has 0 bridgehead atoms. The summed E-state index contributed by atoms with van der Waals surface area (Å²) in [7, 11) is 0. The van der Waals surface area contributed by atoms with Crippen LogP contribution in [0.1, 0.15) is 36.6 Å². The molecule has 0 aliphatic heterocycles. The van der Waals surface area contributed by atoms with Gasteiger partial charge < -0.3 is 4.74 Å². The highest BCUT2D eigenvalue weighted by Gasteiger charge is 2.07. The summed E-state index contributed by atoms with van der Waals surface area (Å²) >= 11 is 11.9. The molecule has 0 aliphatic carbocycles. The number of ether oxygens (including phenoxy) is 1. The number of benzene rings is 1. The van der Waals surface area contributed by atoms with E-state index >= 15 is 0 Å². The summed E-state index contributed by atoms with van der Waals surface area (Å²) in [5.74, 6) is 1.40. The maximum Gasteiger partial charge on any atom is 0.214 e. The predicted molar refractivity (Wildman–Crippen MR) is 83.7 cm³/mol. The lowest BCUT2D eigenvalue weighted by molar-refractivity contribution is 0.292. The summed E-state index contributed by atoms with van der Waals surface area (Å²) in [5.41, 5.74) is 3.03. The van der Waals surface area contributed by atoms with Crippen LogP contribution in [0.5, 0.6) is 5.88 Å². The second-order valence-electron chi connectivity index (χ2n) is 4.95. The Kier molecular flexibility index (Phi) is 5.27. The van der Waals surface area contributed by atoms with E-state index < -0.39 is 0 Å². The maximum atomic E-state index is 5.95. The van der Waals surface area contributed by atoms with Crippen LogP contribution in [-0.2, 0) is 12.5 Å². The van der Waals surface area contributed by atoms with Gasteiger partial charge in [-0.25, -0.2) is 4.98 Å². The van der Waals surface area contributed by atoms with E-state index in [-0.39, 0.29) is 0 Å². The highest BCUT2D eigenvalue weighted by Crippen LogP contribution is 2.21. The SMILES string of the molecule is CC(C)c1cc(CCl)cc(OCc2cccc(Cl)c2)n1. The fourth-order valence-corrected chi connectivity index (χ4v) is 2.18. The molecule has 0 radical (unpaired) electrons. The van der Waals surface area contributed by atoms with E-state index in [9.17, 15) is 0 Å². The van der Waals surface area contributed by atoms with E-state index in [0.717, 1.165) is 16.8 Å². The maximum absolute atomic E-state index is 5.95. The summed E-state index contributed by atoms with van der Waals surface area (Å²) in [6.45, 7) is 4.64. The Morgan fingerprint density at radius 1 is 1.15 bits per heavy atom. The molecule has 2 nitrogen and oxygen atoms in total. The van der Waals surface area contributed by atoms with Crippen LogP contribution in [0.3, 0.4) is 0 Å². The van der Waals surface area contributed by atoms with Gasteiger partial charge >= 0.3 is 0 Å². The number of hydrogen-bond donors (Lipinski definition) is 0. The van der Waals surface area contributed by atoms with Gasteiger partial charge in [-0.3, -0.25) is 0 Å². The Hall–Kier alpha value is -1.25. The molecule has 0 saturated carbocycles. The van der Waals surface area contributed by atoms with Crippen molar-refractivity contribution in [2.75, 3.05) is 0 Å². The Morgan fingerprint density at radius 3 is 2.60 bits per heavy atom. The number of pyridine rings is 1. The molecule has 0 amide bonds. The van der Waals surface area contributed by atoms with E-state index in [1.807, 2.05) is 36.4 Å². The van der Waals surface area contributed by atoms with Crippen molar-refractivity contribution in [1.29, 1.82) is 0 Å². The number of hydrogen-bond acceptors (Lipinski definition) is 2. The van der Waals surface area contributed by atoms with Crippen molar-refractivity contribution in [3.63, 3.8) is 0 Å². The second-order valence-corrected chi connectivity index (χ2v) is 5.65. The van der Waals surface area contributed by atoms with Crippen molar-refractivity contribution >= 4 is 23.2 Å². The van der Waals surface area contributed by atoms with Gasteiger partial charge in [0.1, 0.15) is 6.61 Å². The molecular formula is C16H17Cl2NO. The summed E-state index contributed by atoms with van der Waals surface area (Å²) in [4.78, 5) is 4.50. The predicted octanol–water partition coefficient (Wildman–Crippen LogP) is 5.18. The number of aromatic nitrogens is 1. The Morgan fingerprint density at radius 2 is 1.95 bits per heavy atom. The minimum Gasteiger partial charge on any atom is -0.473 e. The molecule has 1 aromatic heterocycles. The Bertz CT molecular complexity index is 584. The molecule has 2 rings (SSSR count).